The summed E-state index contributed by atoms with van der Waals surface area (Å²) in [6.45, 7) is 2.30. The van der Waals surface area contributed by atoms with Gasteiger partial charge in [0.2, 0.25) is 0 Å². The van der Waals surface area contributed by atoms with Crippen molar-refractivity contribution in [3.63, 3.8) is 0 Å². The molecule has 0 amide bonds. The molecule has 2 heterocycles. The zero-order valence-electron chi connectivity index (χ0n) is 10.1. The molecule has 2 aromatic rings. The van der Waals surface area contributed by atoms with Crippen molar-refractivity contribution in [3.05, 3.63) is 36.5 Å². The van der Waals surface area contributed by atoms with E-state index in [4.69, 9.17) is 0 Å². The van der Waals surface area contributed by atoms with Gasteiger partial charge in [0.1, 0.15) is 0 Å². The standard InChI is InChI=1S/C14H17N3/c1-17-7-6-12(10-17)16-13-8-11-4-2-3-5-14(11)15-9-13/h2-5,8-9,12,16H,6-7,10H2,1H3. The highest BCUT2D eigenvalue weighted by molar-refractivity contribution is 5.81. The van der Waals surface area contributed by atoms with Gasteiger partial charge in [-0.15, -0.1) is 0 Å². The zero-order chi connectivity index (χ0) is 11.7. The summed E-state index contributed by atoms with van der Waals surface area (Å²) < 4.78 is 0. The molecule has 1 N–H and O–H groups in total. The molecule has 0 bridgehead atoms. The lowest BCUT2D eigenvalue weighted by atomic mass is 10.2. The highest BCUT2D eigenvalue weighted by Gasteiger charge is 2.18. The molecule has 1 aromatic heterocycles. The summed E-state index contributed by atoms with van der Waals surface area (Å²) in [5, 5.41) is 4.76. The second-order valence-electron chi connectivity index (χ2n) is 4.81. The van der Waals surface area contributed by atoms with E-state index >= 15 is 0 Å². The number of para-hydroxylation sites is 1. The number of benzene rings is 1. The molecule has 0 spiro atoms. The molecule has 1 fully saturated rings. The first kappa shape index (κ1) is 10.5. The second kappa shape index (κ2) is 4.34. The summed E-state index contributed by atoms with van der Waals surface area (Å²) in [6.07, 6.45) is 3.14. The Morgan fingerprint density at radius 3 is 3.06 bits per heavy atom. The van der Waals surface area contributed by atoms with Crippen molar-refractivity contribution in [3.8, 4) is 0 Å². The second-order valence-corrected chi connectivity index (χ2v) is 4.81. The lowest BCUT2D eigenvalue weighted by Gasteiger charge is -2.14. The number of pyridine rings is 1. The average molecular weight is 227 g/mol. The molecule has 3 heteroatoms. The van der Waals surface area contributed by atoms with Crippen molar-refractivity contribution in [1.82, 2.24) is 9.88 Å². The van der Waals surface area contributed by atoms with Crippen molar-refractivity contribution < 1.29 is 0 Å². The normalized spacial score (nSPS) is 20.9. The minimum absolute atomic E-state index is 0.558. The van der Waals surface area contributed by atoms with Gasteiger partial charge in [0, 0.05) is 18.0 Å². The Morgan fingerprint density at radius 1 is 1.35 bits per heavy atom. The maximum absolute atomic E-state index is 4.47. The first-order valence-electron chi connectivity index (χ1n) is 6.11. The van der Waals surface area contributed by atoms with Crippen molar-refractivity contribution in [2.45, 2.75) is 12.5 Å². The van der Waals surface area contributed by atoms with E-state index in [0.29, 0.717) is 6.04 Å². The van der Waals surface area contributed by atoms with Gasteiger partial charge in [-0.1, -0.05) is 18.2 Å². The van der Waals surface area contributed by atoms with E-state index in [0.717, 1.165) is 17.7 Å². The maximum atomic E-state index is 4.47. The fourth-order valence-corrected chi connectivity index (χ4v) is 2.44. The van der Waals surface area contributed by atoms with Crippen LogP contribution in [0.15, 0.2) is 36.5 Å². The van der Waals surface area contributed by atoms with Gasteiger partial charge in [0.25, 0.3) is 0 Å². The minimum atomic E-state index is 0.558. The van der Waals surface area contributed by atoms with Gasteiger partial charge in [0.05, 0.1) is 17.4 Å². The molecular formula is C14H17N3. The predicted molar refractivity (Wildman–Crippen MR) is 71.3 cm³/mol. The minimum Gasteiger partial charge on any atom is -0.380 e. The Kier molecular flexibility index (Phi) is 2.69. The van der Waals surface area contributed by atoms with Crippen LogP contribution >= 0.6 is 0 Å². The molecule has 1 aliphatic heterocycles. The molecule has 1 atom stereocenters. The van der Waals surface area contributed by atoms with Crippen LogP contribution in [0, 0.1) is 0 Å². The summed E-state index contributed by atoms with van der Waals surface area (Å²) in [7, 11) is 2.17. The van der Waals surface area contributed by atoms with Crippen LogP contribution in [0.5, 0.6) is 0 Å². The van der Waals surface area contributed by atoms with Gasteiger partial charge < -0.3 is 10.2 Å². The molecule has 0 aliphatic carbocycles. The Morgan fingerprint density at radius 2 is 2.24 bits per heavy atom. The summed E-state index contributed by atoms with van der Waals surface area (Å²) in [5.41, 5.74) is 2.19. The number of likely N-dealkylation sites (N-methyl/N-ethyl adjacent to an activating group) is 1. The third kappa shape index (κ3) is 2.24. The molecule has 88 valence electrons. The van der Waals surface area contributed by atoms with E-state index in [1.165, 1.54) is 18.4 Å². The highest BCUT2D eigenvalue weighted by Crippen LogP contribution is 2.18. The summed E-state index contributed by atoms with van der Waals surface area (Å²) in [6, 6.07) is 11.0. The van der Waals surface area contributed by atoms with Crippen LogP contribution in [0.2, 0.25) is 0 Å². The van der Waals surface area contributed by atoms with Crippen molar-refractivity contribution in [2.24, 2.45) is 0 Å². The smallest absolute Gasteiger partial charge is 0.0703 e. The summed E-state index contributed by atoms with van der Waals surface area (Å²) >= 11 is 0. The molecule has 17 heavy (non-hydrogen) atoms. The molecule has 1 saturated heterocycles. The van der Waals surface area contributed by atoms with Crippen LogP contribution in [0.3, 0.4) is 0 Å². The SMILES string of the molecule is CN1CCC(Nc2cnc3ccccc3c2)C1. The Balaban J connectivity index is 1.81. The fraction of sp³-hybridized carbons (Fsp3) is 0.357. The van der Waals surface area contributed by atoms with Crippen LogP contribution in [-0.2, 0) is 0 Å². The molecule has 1 unspecified atom stereocenters. The van der Waals surface area contributed by atoms with Crippen molar-refractivity contribution in [1.29, 1.82) is 0 Å². The van der Waals surface area contributed by atoms with E-state index in [-0.39, 0.29) is 0 Å². The highest BCUT2D eigenvalue weighted by atomic mass is 15.2. The number of hydrogen-bond donors (Lipinski definition) is 1. The van der Waals surface area contributed by atoms with Gasteiger partial charge in [-0.25, -0.2) is 0 Å². The third-order valence-electron chi connectivity index (χ3n) is 3.35. The number of nitrogens with one attached hydrogen (secondary N) is 1. The molecule has 1 aliphatic rings. The molecule has 3 rings (SSSR count). The lowest BCUT2D eigenvalue weighted by molar-refractivity contribution is 0.414. The van der Waals surface area contributed by atoms with E-state index in [9.17, 15) is 0 Å². The molecule has 0 saturated carbocycles. The lowest BCUT2D eigenvalue weighted by Crippen LogP contribution is -2.23. The van der Waals surface area contributed by atoms with Gasteiger partial charge in [-0.05, 0) is 32.1 Å². The van der Waals surface area contributed by atoms with Crippen LogP contribution < -0.4 is 5.32 Å². The van der Waals surface area contributed by atoms with Gasteiger partial charge in [-0.2, -0.15) is 0 Å². The quantitative estimate of drug-likeness (QED) is 0.853. The molecule has 0 radical (unpaired) electrons. The van der Waals surface area contributed by atoms with E-state index in [2.05, 4.69) is 40.4 Å². The molecular weight excluding hydrogens is 210 g/mol. The number of hydrogen-bond acceptors (Lipinski definition) is 3. The summed E-state index contributed by atoms with van der Waals surface area (Å²) in [4.78, 5) is 6.82. The number of fused-ring (bicyclic) bond motifs is 1. The molecule has 1 aromatic carbocycles. The van der Waals surface area contributed by atoms with Crippen LogP contribution in [0.4, 0.5) is 5.69 Å². The van der Waals surface area contributed by atoms with Gasteiger partial charge in [-0.3, -0.25) is 4.98 Å². The number of aromatic nitrogens is 1. The zero-order valence-corrected chi connectivity index (χ0v) is 10.1. The Labute approximate surface area is 101 Å². The first-order valence-corrected chi connectivity index (χ1v) is 6.11. The van der Waals surface area contributed by atoms with Gasteiger partial charge >= 0.3 is 0 Å². The summed E-state index contributed by atoms with van der Waals surface area (Å²) in [5.74, 6) is 0. The van der Waals surface area contributed by atoms with E-state index < -0.39 is 0 Å². The Hall–Kier alpha value is -1.61. The molecule has 3 nitrogen and oxygen atoms in total. The predicted octanol–water partition coefficient (Wildman–Crippen LogP) is 2.35. The van der Waals surface area contributed by atoms with Crippen molar-refractivity contribution >= 4 is 16.6 Å². The Bertz CT molecular complexity index is 524. The van der Waals surface area contributed by atoms with Crippen LogP contribution in [0.1, 0.15) is 6.42 Å². The topological polar surface area (TPSA) is 28.2 Å². The monoisotopic (exact) mass is 227 g/mol. The number of rotatable bonds is 2. The number of anilines is 1. The van der Waals surface area contributed by atoms with E-state index in [1.807, 2.05) is 18.3 Å². The third-order valence-corrected chi connectivity index (χ3v) is 3.35. The number of likely N-dealkylation sites (tertiary alicyclic amines) is 1. The fourth-order valence-electron chi connectivity index (χ4n) is 2.44. The van der Waals surface area contributed by atoms with Crippen molar-refractivity contribution in [2.75, 3.05) is 25.5 Å². The largest absolute Gasteiger partial charge is 0.380 e. The first-order chi connectivity index (χ1) is 8.31. The van der Waals surface area contributed by atoms with Crippen LogP contribution in [0.25, 0.3) is 10.9 Å². The van der Waals surface area contributed by atoms with Crippen LogP contribution in [-0.4, -0.2) is 36.1 Å². The van der Waals surface area contributed by atoms with Gasteiger partial charge in [0.15, 0.2) is 0 Å². The average Bonchev–Trinajstić information content (AvgIpc) is 2.75. The van der Waals surface area contributed by atoms with E-state index in [1.54, 1.807) is 0 Å². The maximum Gasteiger partial charge on any atom is 0.0703 e. The number of nitrogens with zero attached hydrogens (tertiary/aromatic N) is 2.